The third-order valence-corrected chi connectivity index (χ3v) is 3.62. The highest BCUT2D eigenvalue weighted by Gasteiger charge is 2.04. The Labute approximate surface area is 126 Å². The van der Waals surface area contributed by atoms with Crippen LogP contribution >= 0.6 is 15.9 Å². The van der Waals surface area contributed by atoms with E-state index in [2.05, 4.69) is 22.9 Å². The Morgan fingerprint density at radius 2 is 1.80 bits per heavy atom. The molecule has 0 aliphatic rings. The number of hydrogen-bond donors (Lipinski definition) is 1. The fourth-order valence-electron chi connectivity index (χ4n) is 1.79. The molecule has 0 saturated heterocycles. The highest BCUT2D eigenvalue weighted by atomic mass is 79.9. The molecule has 0 spiro atoms. The Hall–Kier alpha value is -1.81. The number of ether oxygens (including phenoxy) is 1. The van der Waals surface area contributed by atoms with E-state index in [1.807, 2.05) is 18.2 Å². The van der Waals surface area contributed by atoms with Gasteiger partial charge in [-0.3, -0.25) is 0 Å². The van der Waals surface area contributed by atoms with Gasteiger partial charge in [0, 0.05) is 0 Å². The summed E-state index contributed by atoms with van der Waals surface area (Å²) < 4.78 is 6.66. The van der Waals surface area contributed by atoms with Crippen LogP contribution < -0.4 is 4.74 Å². The van der Waals surface area contributed by atoms with Crippen molar-refractivity contribution in [1.82, 2.24) is 0 Å². The summed E-state index contributed by atoms with van der Waals surface area (Å²) in [4.78, 5) is 10.8. The predicted molar refractivity (Wildman–Crippen MR) is 81.3 cm³/mol. The molecule has 2 aromatic rings. The molecule has 104 valence electrons. The Morgan fingerprint density at radius 3 is 2.35 bits per heavy atom. The highest BCUT2D eigenvalue weighted by Crippen LogP contribution is 2.27. The standard InChI is InChI=1S/C16H15BrO3/c1-2-11-5-8-15(14(17)9-11)20-10-12-3-6-13(7-4-12)16(18)19/h3-9H,2,10H2,1H3,(H,18,19). The van der Waals surface area contributed by atoms with Gasteiger partial charge in [0.2, 0.25) is 0 Å². The van der Waals surface area contributed by atoms with Gasteiger partial charge in [-0.25, -0.2) is 4.79 Å². The molecule has 0 saturated carbocycles. The van der Waals surface area contributed by atoms with Crippen LogP contribution in [0.15, 0.2) is 46.9 Å². The highest BCUT2D eigenvalue weighted by molar-refractivity contribution is 9.10. The summed E-state index contributed by atoms with van der Waals surface area (Å²) in [5, 5.41) is 8.83. The SMILES string of the molecule is CCc1ccc(OCc2ccc(C(=O)O)cc2)c(Br)c1. The van der Waals surface area contributed by atoms with Crippen molar-refractivity contribution in [2.75, 3.05) is 0 Å². The zero-order valence-electron chi connectivity index (χ0n) is 11.1. The molecule has 2 rings (SSSR count). The molecule has 0 heterocycles. The molecule has 0 unspecified atom stereocenters. The van der Waals surface area contributed by atoms with E-state index in [9.17, 15) is 4.79 Å². The maximum atomic E-state index is 10.8. The average molecular weight is 335 g/mol. The first-order valence-corrected chi connectivity index (χ1v) is 7.13. The number of carbonyl (C=O) groups is 1. The van der Waals surface area contributed by atoms with E-state index in [1.165, 1.54) is 5.56 Å². The van der Waals surface area contributed by atoms with Crippen molar-refractivity contribution >= 4 is 21.9 Å². The molecule has 0 aliphatic heterocycles. The van der Waals surface area contributed by atoms with E-state index in [0.29, 0.717) is 6.61 Å². The van der Waals surface area contributed by atoms with Gasteiger partial charge in [0.05, 0.1) is 10.0 Å². The zero-order chi connectivity index (χ0) is 14.5. The summed E-state index contributed by atoms with van der Waals surface area (Å²) in [6.07, 6.45) is 0.982. The van der Waals surface area contributed by atoms with Crippen LogP contribution in [0.1, 0.15) is 28.4 Å². The molecule has 2 aromatic carbocycles. The van der Waals surface area contributed by atoms with Gasteiger partial charge in [-0.05, 0) is 57.7 Å². The molecule has 0 amide bonds. The van der Waals surface area contributed by atoms with Crippen molar-refractivity contribution in [2.24, 2.45) is 0 Å². The molecule has 3 nitrogen and oxygen atoms in total. The molecular weight excluding hydrogens is 320 g/mol. The van der Waals surface area contributed by atoms with Crippen LogP contribution in [0, 0.1) is 0 Å². The molecule has 0 atom stereocenters. The fourth-order valence-corrected chi connectivity index (χ4v) is 2.33. The second kappa shape index (κ2) is 6.57. The number of hydrogen-bond acceptors (Lipinski definition) is 2. The predicted octanol–water partition coefficient (Wildman–Crippen LogP) is 4.29. The number of carboxylic acid groups (broad SMARTS) is 1. The lowest BCUT2D eigenvalue weighted by molar-refractivity contribution is 0.0697. The number of rotatable bonds is 5. The maximum Gasteiger partial charge on any atom is 0.335 e. The topological polar surface area (TPSA) is 46.5 Å². The van der Waals surface area contributed by atoms with Crippen molar-refractivity contribution in [1.29, 1.82) is 0 Å². The number of aryl methyl sites for hydroxylation is 1. The largest absolute Gasteiger partial charge is 0.488 e. The first-order chi connectivity index (χ1) is 9.60. The Morgan fingerprint density at radius 1 is 1.15 bits per heavy atom. The number of benzene rings is 2. The summed E-state index contributed by atoms with van der Waals surface area (Å²) in [5.41, 5.74) is 2.46. The van der Waals surface area contributed by atoms with E-state index < -0.39 is 5.97 Å². The van der Waals surface area contributed by atoms with E-state index in [-0.39, 0.29) is 5.56 Å². The zero-order valence-corrected chi connectivity index (χ0v) is 12.7. The summed E-state index contributed by atoms with van der Waals surface area (Å²) in [6.45, 7) is 2.51. The first-order valence-electron chi connectivity index (χ1n) is 6.33. The lowest BCUT2D eigenvalue weighted by atomic mass is 10.1. The van der Waals surface area contributed by atoms with Gasteiger partial charge < -0.3 is 9.84 Å². The molecular formula is C16H15BrO3. The lowest BCUT2D eigenvalue weighted by Crippen LogP contribution is -1.99. The molecule has 0 aliphatic carbocycles. The van der Waals surface area contributed by atoms with Gasteiger partial charge >= 0.3 is 5.97 Å². The normalized spacial score (nSPS) is 10.3. The van der Waals surface area contributed by atoms with Crippen LogP contribution in [0.3, 0.4) is 0 Å². The maximum absolute atomic E-state index is 10.8. The van der Waals surface area contributed by atoms with Gasteiger partial charge in [-0.1, -0.05) is 25.1 Å². The second-order valence-corrected chi connectivity index (χ2v) is 5.26. The Bertz CT molecular complexity index is 606. The second-order valence-electron chi connectivity index (χ2n) is 4.41. The molecule has 0 radical (unpaired) electrons. The van der Waals surface area contributed by atoms with Crippen molar-refractivity contribution in [3.63, 3.8) is 0 Å². The molecule has 0 fully saturated rings. The third kappa shape index (κ3) is 3.61. The van der Waals surface area contributed by atoms with Crippen LogP contribution in [0.5, 0.6) is 5.75 Å². The smallest absolute Gasteiger partial charge is 0.335 e. The first kappa shape index (κ1) is 14.6. The van der Waals surface area contributed by atoms with Gasteiger partial charge in [0.15, 0.2) is 0 Å². The molecule has 1 N–H and O–H groups in total. The molecule has 0 aromatic heterocycles. The number of aromatic carboxylic acids is 1. The lowest BCUT2D eigenvalue weighted by Gasteiger charge is -2.09. The van der Waals surface area contributed by atoms with Crippen LogP contribution in [-0.4, -0.2) is 11.1 Å². The quantitative estimate of drug-likeness (QED) is 0.887. The van der Waals surface area contributed by atoms with E-state index >= 15 is 0 Å². The minimum Gasteiger partial charge on any atom is -0.488 e. The molecule has 20 heavy (non-hydrogen) atoms. The van der Waals surface area contributed by atoms with Crippen molar-refractivity contribution in [2.45, 2.75) is 20.0 Å². The minimum atomic E-state index is -0.921. The van der Waals surface area contributed by atoms with E-state index in [1.54, 1.807) is 24.3 Å². The number of halogens is 1. The molecule has 0 bridgehead atoms. The van der Waals surface area contributed by atoms with Crippen LogP contribution in [0.2, 0.25) is 0 Å². The van der Waals surface area contributed by atoms with Crippen LogP contribution in [0.25, 0.3) is 0 Å². The fraction of sp³-hybridized carbons (Fsp3) is 0.188. The van der Waals surface area contributed by atoms with E-state index in [4.69, 9.17) is 9.84 Å². The Kier molecular flexibility index (Phi) is 4.79. The van der Waals surface area contributed by atoms with E-state index in [0.717, 1.165) is 22.2 Å². The summed E-state index contributed by atoms with van der Waals surface area (Å²) in [7, 11) is 0. The van der Waals surface area contributed by atoms with Gasteiger partial charge in [-0.2, -0.15) is 0 Å². The minimum absolute atomic E-state index is 0.280. The summed E-state index contributed by atoms with van der Waals surface area (Å²) >= 11 is 3.49. The van der Waals surface area contributed by atoms with Crippen molar-refractivity contribution in [3.05, 3.63) is 63.6 Å². The van der Waals surface area contributed by atoms with Gasteiger partial charge in [0.25, 0.3) is 0 Å². The summed E-state index contributed by atoms with van der Waals surface area (Å²) in [6, 6.07) is 12.7. The van der Waals surface area contributed by atoms with Crippen LogP contribution in [-0.2, 0) is 13.0 Å². The molecule has 4 heteroatoms. The van der Waals surface area contributed by atoms with Gasteiger partial charge in [-0.15, -0.1) is 0 Å². The van der Waals surface area contributed by atoms with Crippen LogP contribution in [0.4, 0.5) is 0 Å². The van der Waals surface area contributed by atoms with Gasteiger partial charge in [0.1, 0.15) is 12.4 Å². The third-order valence-electron chi connectivity index (χ3n) is 3.00. The monoisotopic (exact) mass is 334 g/mol. The van der Waals surface area contributed by atoms with Crippen molar-refractivity contribution in [3.8, 4) is 5.75 Å². The summed E-state index contributed by atoms with van der Waals surface area (Å²) in [5.74, 6) is -0.139. The Balaban J connectivity index is 2.03. The van der Waals surface area contributed by atoms with Crippen molar-refractivity contribution < 1.29 is 14.6 Å². The average Bonchev–Trinajstić information content (AvgIpc) is 2.46. The number of carboxylic acids is 1.